The molecule has 0 unspecified atom stereocenters. The molecule has 0 saturated carbocycles. The molecule has 0 aliphatic heterocycles. The highest BCUT2D eigenvalue weighted by Crippen LogP contribution is 2.36. The second-order valence-electron chi connectivity index (χ2n) is 5.98. The summed E-state index contributed by atoms with van der Waals surface area (Å²) in [6, 6.07) is 26.9. The van der Waals surface area contributed by atoms with Crippen molar-refractivity contribution < 1.29 is 4.42 Å². The molecule has 0 spiro atoms. The molecule has 0 bridgehead atoms. The molecule has 0 fully saturated rings. The Labute approximate surface area is 144 Å². The average molecular weight is 329 g/mol. The third-order valence-corrected chi connectivity index (χ3v) is 4.79. The first kappa shape index (κ1) is 13.6. The molecule has 0 amide bonds. The van der Waals surface area contributed by atoms with Crippen LogP contribution in [0.1, 0.15) is 0 Å². The molecule has 1 heterocycles. The first-order chi connectivity index (χ1) is 11.8. The zero-order chi connectivity index (χ0) is 16.1. The first-order valence-electron chi connectivity index (χ1n) is 7.89. The van der Waals surface area contributed by atoms with Crippen molar-refractivity contribution >= 4 is 44.3 Å². The molecular formula is C22H13ClO. The highest BCUT2D eigenvalue weighted by molar-refractivity contribution is 6.30. The second-order valence-corrected chi connectivity index (χ2v) is 6.42. The van der Waals surface area contributed by atoms with Crippen LogP contribution in [0.3, 0.4) is 0 Å². The minimum atomic E-state index is 0.745. The molecule has 114 valence electrons. The Morgan fingerprint density at radius 3 is 2.25 bits per heavy atom. The summed E-state index contributed by atoms with van der Waals surface area (Å²) in [6.45, 7) is 0. The van der Waals surface area contributed by atoms with Crippen molar-refractivity contribution in [3.63, 3.8) is 0 Å². The Bertz CT molecular complexity index is 1200. The molecule has 2 heteroatoms. The summed E-state index contributed by atoms with van der Waals surface area (Å²) < 4.78 is 6.23. The van der Waals surface area contributed by atoms with Crippen molar-refractivity contribution in [2.45, 2.75) is 0 Å². The molecule has 0 aliphatic rings. The maximum Gasteiger partial charge on any atom is 0.143 e. The molecule has 1 nitrogen and oxygen atoms in total. The van der Waals surface area contributed by atoms with Crippen LogP contribution in [0.4, 0.5) is 0 Å². The quantitative estimate of drug-likeness (QED) is 0.321. The van der Waals surface area contributed by atoms with Crippen LogP contribution in [0.2, 0.25) is 5.02 Å². The monoisotopic (exact) mass is 328 g/mol. The SMILES string of the molecule is Clc1ccc(-c2ccc3c(c2)oc2c4ccccc4ccc32)cc1. The van der Waals surface area contributed by atoms with E-state index in [0.29, 0.717) is 0 Å². The van der Waals surface area contributed by atoms with Crippen LogP contribution in [0.15, 0.2) is 83.3 Å². The molecule has 1 aromatic heterocycles. The van der Waals surface area contributed by atoms with E-state index in [1.54, 1.807) is 0 Å². The highest BCUT2D eigenvalue weighted by atomic mass is 35.5. The van der Waals surface area contributed by atoms with E-state index in [2.05, 4.69) is 48.5 Å². The van der Waals surface area contributed by atoms with Crippen molar-refractivity contribution in [2.24, 2.45) is 0 Å². The Balaban J connectivity index is 1.79. The lowest BCUT2D eigenvalue weighted by atomic mass is 10.0. The fourth-order valence-electron chi connectivity index (χ4n) is 3.33. The number of halogens is 1. The largest absolute Gasteiger partial charge is 0.455 e. The fraction of sp³-hybridized carbons (Fsp3) is 0. The summed E-state index contributed by atoms with van der Waals surface area (Å²) in [6.07, 6.45) is 0. The predicted molar refractivity (Wildman–Crippen MR) is 102 cm³/mol. The van der Waals surface area contributed by atoms with Crippen molar-refractivity contribution in [1.82, 2.24) is 0 Å². The van der Waals surface area contributed by atoms with Gasteiger partial charge in [0.25, 0.3) is 0 Å². The van der Waals surface area contributed by atoms with Gasteiger partial charge in [0, 0.05) is 21.2 Å². The second kappa shape index (κ2) is 5.12. The van der Waals surface area contributed by atoms with Crippen molar-refractivity contribution in [3.05, 3.63) is 83.9 Å². The highest BCUT2D eigenvalue weighted by Gasteiger charge is 2.11. The number of hydrogen-bond acceptors (Lipinski definition) is 1. The van der Waals surface area contributed by atoms with Gasteiger partial charge in [-0.25, -0.2) is 0 Å². The van der Waals surface area contributed by atoms with Crippen LogP contribution in [0.25, 0.3) is 43.8 Å². The van der Waals surface area contributed by atoms with Gasteiger partial charge in [-0.05, 0) is 46.8 Å². The van der Waals surface area contributed by atoms with Gasteiger partial charge in [0.15, 0.2) is 0 Å². The van der Waals surface area contributed by atoms with Crippen molar-refractivity contribution in [2.75, 3.05) is 0 Å². The van der Waals surface area contributed by atoms with Gasteiger partial charge in [-0.1, -0.05) is 60.1 Å². The number of furan rings is 1. The lowest BCUT2D eigenvalue weighted by molar-refractivity contribution is 0.673. The van der Waals surface area contributed by atoms with Gasteiger partial charge in [-0.3, -0.25) is 0 Å². The molecular weight excluding hydrogens is 316 g/mol. The average Bonchev–Trinajstić information content (AvgIpc) is 3.00. The molecule has 24 heavy (non-hydrogen) atoms. The van der Waals surface area contributed by atoms with Gasteiger partial charge in [-0.2, -0.15) is 0 Å². The first-order valence-corrected chi connectivity index (χ1v) is 8.27. The number of hydrogen-bond donors (Lipinski definition) is 0. The van der Waals surface area contributed by atoms with Crippen LogP contribution in [-0.2, 0) is 0 Å². The van der Waals surface area contributed by atoms with E-state index in [9.17, 15) is 0 Å². The molecule has 0 radical (unpaired) electrons. The maximum absolute atomic E-state index is 6.23. The summed E-state index contributed by atoms with van der Waals surface area (Å²) >= 11 is 5.98. The topological polar surface area (TPSA) is 13.1 Å². The maximum atomic E-state index is 6.23. The molecule has 0 N–H and O–H groups in total. The third kappa shape index (κ3) is 2.02. The minimum Gasteiger partial charge on any atom is -0.455 e. The lowest BCUT2D eigenvalue weighted by Gasteiger charge is -2.01. The van der Waals surface area contributed by atoms with E-state index >= 15 is 0 Å². The Hall–Kier alpha value is -2.77. The fourth-order valence-corrected chi connectivity index (χ4v) is 3.45. The number of fused-ring (bicyclic) bond motifs is 5. The van der Waals surface area contributed by atoms with E-state index in [4.69, 9.17) is 16.0 Å². The molecule has 5 aromatic rings. The Kier molecular flexibility index (Phi) is 2.91. The van der Waals surface area contributed by atoms with Gasteiger partial charge in [0.1, 0.15) is 11.2 Å². The van der Waals surface area contributed by atoms with E-state index in [0.717, 1.165) is 43.5 Å². The predicted octanol–water partition coefficient (Wildman–Crippen LogP) is 7.06. The molecule has 5 rings (SSSR count). The standard InChI is InChI=1S/C22H13ClO/c23-17-9-5-14(6-10-17)16-8-11-19-20-12-7-15-3-1-2-4-18(15)22(20)24-21(19)13-16/h1-13H. The smallest absolute Gasteiger partial charge is 0.143 e. The van der Waals surface area contributed by atoms with Crippen LogP contribution in [-0.4, -0.2) is 0 Å². The van der Waals surface area contributed by atoms with Crippen LogP contribution >= 0.6 is 11.6 Å². The summed E-state index contributed by atoms with van der Waals surface area (Å²) in [5.41, 5.74) is 4.12. The van der Waals surface area contributed by atoms with E-state index in [-0.39, 0.29) is 0 Å². The zero-order valence-corrected chi connectivity index (χ0v) is 13.5. The van der Waals surface area contributed by atoms with Gasteiger partial charge in [-0.15, -0.1) is 0 Å². The summed E-state index contributed by atoms with van der Waals surface area (Å²) in [4.78, 5) is 0. The summed E-state index contributed by atoms with van der Waals surface area (Å²) in [5.74, 6) is 0. The zero-order valence-electron chi connectivity index (χ0n) is 12.8. The van der Waals surface area contributed by atoms with Gasteiger partial charge >= 0.3 is 0 Å². The van der Waals surface area contributed by atoms with Crippen molar-refractivity contribution in [1.29, 1.82) is 0 Å². The van der Waals surface area contributed by atoms with Gasteiger partial charge < -0.3 is 4.42 Å². The number of rotatable bonds is 1. The Morgan fingerprint density at radius 2 is 1.38 bits per heavy atom. The lowest BCUT2D eigenvalue weighted by Crippen LogP contribution is -1.77. The van der Waals surface area contributed by atoms with E-state index in [1.165, 1.54) is 5.39 Å². The van der Waals surface area contributed by atoms with Crippen LogP contribution in [0, 0.1) is 0 Å². The van der Waals surface area contributed by atoms with Gasteiger partial charge in [0.2, 0.25) is 0 Å². The van der Waals surface area contributed by atoms with Crippen LogP contribution < -0.4 is 0 Å². The molecule has 0 aliphatic carbocycles. The van der Waals surface area contributed by atoms with Crippen LogP contribution in [0.5, 0.6) is 0 Å². The normalized spacial score (nSPS) is 11.5. The summed E-state index contributed by atoms with van der Waals surface area (Å²) in [5, 5.41) is 5.40. The van der Waals surface area contributed by atoms with Crippen molar-refractivity contribution in [3.8, 4) is 11.1 Å². The third-order valence-electron chi connectivity index (χ3n) is 4.54. The number of benzene rings is 4. The van der Waals surface area contributed by atoms with Gasteiger partial charge in [0.05, 0.1) is 0 Å². The van der Waals surface area contributed by atoms with E-state index in [1.807, 2.05) is 30.3 Å². The Morgan fingerprint density at radius 1 is 0.625 bits per heavy atom. The molecule has 4 aromatic carbocycles. The molecule has 0 atom stereocenters. The molecule has 0 saturated heterocycles. The van der Waals surface area contributed by atoms with E-state index < -0.39 is 0 Å². The minimum absolute atomic E-state index is 0.745. The summed E-state index contributed by atoms with van der Waals surface area (Å²) in [7, 11) is 0.